The van der Waals surface area contributed by atoms with Crippen molar-refractivity contribution in [2.45, 2.75) is 32.6 Å². The molecule has 1 N–H and O–H groups in total. The van der Waals surface area contributed by atoms with Crippen molar-refractivity contribution in [3.63, 3.8) is 0 Å². The van der Waals surface area contributed by atoms with Gasteiger partial charge in [-0.2, -0.15) is 10.0 Å². The van der Waals surface area contributed by atoms with E-state index in [4.69, 9.17) is 10.1 Å². The van der Waals surface area contributed by atoms with Crippen LogP contribution in [0.25, 0.3) is 17.0 Å². The zero-order chi connectivity index (χ0) is 28.3. The van der Waals surface area contributed by atoms with Gasteiger partial charge in [0.05, 0.1) is 12.2 Å². The van der Waals surface area contributed by atoms with E-state index < -0.39 is 5.91 Å². The second-order valence-electron chi connectivity index (χ2n) is 9.86. The van der Waals surface area contributed by atoms with Gasteiger partial charge in [0.1, 0.15) is 5.75 Å². The van der Waals surface area contributed by atoms with E-state index in [-0.39, 0.29) is 11.4 Å². The molecule has 1 amide bonds. The fourth-order valence-corrected chi connectivity index (χ4v) is 6.66. The molecule has 0 unspecified atom stereocenters. The standard InChI is InChI=1S/C32H29N5O2S2/c1-21-10-8-15-28(22(21)2)39-17-9-16-36-19-24(25-13-6-7-14-27(25)36)18-26-29(33)37-31(34-30(26)38)41-32(35-37)40-20-23-11-4-3-5-12-23/h3-8,10-15,18-19,33H,9,16-17,20H2,1-2H3/b26-18-,33-29?. The number of aliphatic imine (C=N–C) groups is 1. The number of nitrogens with zero attached hydrogens (tertiary/aromatic N) is 4. The highest BCUT2D eigenvalue weighted by molar-refractivity contribution is 8.45. The topological polar surface area (TPSA) is 83.0 Å². The van der Waals surface area contributed by atoms with Crippen molar-refractivity contribution in [1.82, 2.24) is 9.58 Å². The maximum atomic E-state index is 13.1. The Morgan fingerprint density at radius 3 is 2.68 bits per heavy atom. The number of carbonyl (C=O) groups is 1. The number of benzene rings is 3. The van der Waals surface area contributed by atoms with Gasteiger partial charge in [0.25, 0.3) is 5.91 Å². The lowest BCUT2D eigenvalue weighted by molar-refractivity contribution is -0.114. The number of amides is 1. The van der Waals surface area contributed by atoms with Crippen LogP contribution in [0.3, 0.4) is 0 Å². The average Bonchev–Trinajstić information content (AvgIpc) is 3.56. The number of carbonyl (C=O) groups excluding carboxylic acids is 1. The zero-order valence-electron chi connectivity index (χ0n) is 22.8. The number of hydrazone groups is 1. The predicted octanol–water partition coefficient (Wildman–Crippen LogP) is 7.24. The maximum Gasteiger partial charge on any atom is 0.283 e. The number of ether oxygens (including phenoxy) is 1. The van der Waals surface area contributed by atoms with E-state index in [0.29, 0.717) is 11.8 Å². The molecule has 1 aromatic heterocycles. The Morgan fingerprint density at radius 1 is 1.02 bits per heavy atom. The molecule has 206 valence electrons. The molecule has 9 heteroatoms. The maximum absolute atomic E-state index is 13.1. The molecule has 0 atom stereocenters. The van der Waals surface area contributed by atoms with Gasteiger partial charge in [0, 0.05) is 35.0 Å². The lowest BCUT2D eigenvalue weighted by Gasteiger charge is -2.20. The number of amidine groups is 2. The minimum Gasteiger partial charge on any atom is -0.493 e. The summed E-state index contributed by atoms with van der Waals surface area (Å²) in [7, 11) is 0. The first kappa shape index (κ1) is 27.1. The van der Waals surface area contributed by atoms with Crippen LogP contribution in [0.5, 0.6) is 5.75 Å². The highest BCUT2D eigenvalue weighted by atomic mass is 32.2. The summed E-state index contributed by atoms with van der Waals surface area (Å²) < 4.78 is 9.02. The van der Waals surface area contributed by atoms with Gasteiger partial charge in [-0.25, -0.2) is 0 Å². The van der Waals surface area contributed by atoms with E-state index in [1.807, 2.05) is 54.7 Å². The molecular weight excluding hydrogens is 551 g/mol. The number of aryl methyl sites for hydroxylation is 2. The molecule has 41 heavy (non-hydrogen) atoms. The normalized spacial score (nSPS) is 15.9. The van der Waals surface area contributed by atoms with E-state index in [0.717, 1.165) is 45.3 Å². The molecule has 0 spiro atoms. The third kappa shape index (κ3) is 5.73. The van der Waals surface area contributed by atoms with Crippen LogP contribution in [-0.4, -0.2) is 37.5 Å². The molecule has 3 aromatic carbocycles. The van der Waals surface area contributed by atoms with Crippen LogP contribution in [0.4, 0.5) is 0 Å². The van der Waals surface area contributed by atoms with E-state index in [2.05, 4.69) is 52.8 Å². The Bertz CT molecular complexity index is 1740. The molecule has 0 fully saturated rings. The van der Waals surface area contributed by atoms with Crippen molar-refractivity contribution in [3.8, 4) is 5.75 Å². The Morgan fingerprint density at radius 2 is 1.83 bits per heavy atom. The highest BCUT2D eigenvalue weighted by Gasteiger charge is 2.36. The first-order chi connectivity index (χ1) is 20.0. The monoisotopic (exact) mass is 579 g/mol. The van der Waals surface area contributed by atoms with Crippen molar-refractivity contribution in [1.29, 1.82) is 5.41 Å². The third-order valence-corrected chi connectivity index (χ3v) is 9.23. The zero-order valence-corrected chi connectivity index (χ0v) is 24.5. The summed E-state index contributed by atoms with van der Waals surface area (Å²) in [5.41, 5.74) is 5.75. The number of hydrogen-bond donors (Lipinski definition) is 1. The van der Waals surface area contributed by atoms with E-state index in [1.165, 1.54) is 33.5 Å². The van der Waals surface area contributed by atoms with E-state index in [1.54, 1.807) is 17.8 Å². The molecule has 2 aliphatic heterocycles. The van der Waals surface area contributed by atoms with Crippen molar-refractivity contribution in [2.75, 3.05) is 6.61 Å². The van der Waals surface area contributed by atoms with Gasteiger partial charge in [-0.1, -0.05) is 72.4 Å². The van der Waals surface area contributed by atoms with Gasteiger partial charge < -0.3 is 9.30 Å². The summed E-state index contributed by atoms with van der Waals surface area (Å²) in [4.78, 5) is 17.3. The fraction of sp³-hybridized carbons (Fsp3) is 0.188. The first-order valence-corrected chi connectivity index (χ1v) is 15.2. The molecule has 4 aromatic rings. The quantitative estimate of drug-likeness (QED) is 0.176. The number of hydrogen-bond acceptors (Lipinski definition) is 6. The molecule has 7 nitrogen and oxygen atoms in total. The number of para-hydroxylation sites is 1. The lowest BCUT2D eigenvalue weighted by atomic mass is 10.1. The second kappa shape index (κ2) is 11.8. The van der Waals surface area contributed by atoms with Crippen LogP contribution >= 0.6 is 23.5 Å². The van der Waals surface area contributed by atoms with Gasteiger partial charge in [-0.3, -0.25) is 10.2 Å². The average molecular weight is 580 g/mol. The molecule has 0 bridgehead atoms. The number of nitrogens with one attached hydrogen (secondary N) is 1. The molecule has 0 saturated heterocycles. The van der Waals surface area contributed by atoms with Gasteiger partial charge >= 0.3 is 0 Å². The summed E-state index contributed by atoms with van der Waals surface area (Å²) in [6.45, 7) is 5.53. The molecule has 0 aliphatic carbocycles. The summed E-state index contributed by atoms with van der Waals surface area (Å²) in [5, 5.41) is 16.3. The van der Waals surface area contributed by atoms with Crippen LogP contribution in [0.2, 0.25) is 0 Å². The van der Waals surface area contributed by atoms with Crippen LogP contribution in [0, 0.1) is 19.3 Å². The molecule has 6 rings (SSSR count). The molecule has 0 radical (unpaired) electrons. The minimum absolute atomic E-state index is 0.0431. The smallest absolute Gasteiger partial charge is 0.283 e. The van der Waals surface area contributed by atoms with Crippen LogP contribution in [-0.2, 0) is 17.1 Å². The number of rotatable bonds is 8. The van der Waals surface area contributed by atoms with E-state index >= 15 is 0 Å². The SMILES string of the molecule is Cc1cccc(OCCCn2cc(/C=C3/C(=N)N4N=C(SCc5ccccc5)SC4=NC3=O)c3ccccc32)c1C. The largest absolute Gasteiger partial charge is 0.493 e. The Labute approximate surface area is 247 Å². The minimum atomic E-state index is -0.419. The summed E-state index contributed by atoms with van der Waals surface area (Å²) in [5.74, 6) is 1.30. The molecule has 3 heterocycles. The van der Waals surface area contributed by atoms with Gasteiger partial charge in [0.15, 0.2) is 10.2 Å². The number of fused-ring (bicyclic) bond motifs is 2. The Kier molecular flexibility index (Phi) is 7.80. The van der Waals surface area contributed by atoms with Crippen LogP contribution in [0.1, 0.15) is 28.7 Å². The molecular formula is C32H29N5O2S2. The van der Waals surface area contributed by atoms with Crippen molar-refractivity contribution >= 4 is 61.8 Å². The van der Waals surface area contributed by atoms with Crippen molar-refractivity contribution in [2.24, 2.45) is 10.1 Å². The van der Waals surface area contributed by atoms with Crippen LogP contribution in [0.15, 0.2) is 94.7 Å². The Balaban J connectivity index is 1.18. The van der Waals surface area contributed by atoms with Gasteiger partial charge in [-0.15, -0.1) is 5.10 Å². The molecule has 2 aliphatic rings. The summed E-state index contributed by atoms with van der Waals surface area (Å²) >= 11 is 2.91. The number of thioether (sulfide) groups is 2. The fourth-order valence-electron chi connectivity index (χ4n) is 4.78. The second-order valence-corrected chi connectivity index (χ2v) is 12.0. The molecule has 0 saturated carbocycles. The predicted molar refractivity (Wildman–Crippen MR) is 171 cm³/mol. The van der Waals surface area contributed by atoms with Gasteiger partial charge in [0.2, 0.25) is 5.17 Å². The number of aromatic nitrogens is 1. The lowest BCUT2D eigenvalue weighted by Crippen LogP contribution is -2.35. The van der Waals surface area contributed by atoms with Crippen molar-refractivity contribution < 1.29 is 9.53 Å². The Hall–Kier alpha value is -4.08. The summed E-state index contributed by atoms with van der Waals surface area (Å²) in [6, 6.07) is 24.4. The van der Waals surface area contributed by atoms with Crippen molar-refractivity contribution in [3.05, 3.63) is 107 Å². The third-order valence-electron chi connectivity index (χ3n) is 7.12. The van der Waals surface area contributed by atoms with Crippen LogP contribution < -0.4 is 4.74 Å². The first-order valence-electron chi connectivity index (χ1n) is 13.4. The highest BCUT2D eigenvalue weighted by Crippen LogP contribution is 2.34. The van der Waals surface area contributed by atoms with Gasteiger partial charge in [-0.05, 0) is 66.9 Å². The summed E-state index contributed by atoms with van der Waals surface area (Å²) in [6.07, 6.45) is 4.64. The van der Waals surface area contributed by atoms with E-state index in [9.17, 15) is 4.79 Å².